The maximum absolute atomic E-state index is 5.95. The van der Waals surface area contributed by atoms with Gasteiger partial charge in [-0.3, -0.25) is 0 Å². The van der Waals surface area contributed by atoms with Gasteiger partial charge >= 0.3 is 0 Å². The van der Waals surface area contributed by atoms with E-state index in [-0.39, 0.29) is 17.4 Å². The first-order valence-electron chi connectivity index (χ1n) is 9.07. The Hall–Kier alpha value is -1.88. The molecule has 4 atom stereocenters. The molecule has 0 radical (unpaired) electrons. The summed E-state index contributed by atoms with van der Waals surface area (Å²) in [5.74, 6) is 3.42. The third kappa shape index (κ3) is 3.06. The van der Waals surface area contributed by atoms with Gasteiger partial charge in [0.2, 0.25) is 5.89 Å². The highest BCUT2D eigenvalue weighted by Gasteiger charge is 2.46. The van der Waals surface area contributed by atoms with Gasteiger partial charge < -0.3 is 14.0 Å². The third-order valence-electron chi connectivity index (χ3n) is 5.38. The summed E-state index contributed by atoms with van der Waals surface area (Å²) in [6, 6.07) is 8.18. The van der Waals surface area contributed by atoms with E-state index < -0.39 is 0 Å². The lowest BCUT2D eigenvalue weighted by atomic mass is 9.81. The minimum atomic E-state index is 0.0709. The molecule has 5 heteroatoms. The number of ether oxygens (including phenoxy) is 2. The molecule has 1 aliphatic carbocycles. The molecule has 0 spiro atoms. The fourth-order valence-corrected chi connectivity index (χ4v) is 4.04. The lowest BCUT2D eigenvalue weighted by Gasteiger charge is -2.29. The summed E-state index contributed by atoms with van der Waals surface area (Å²) in [6.07, 6.45) is 2.13. The van der Waals surface area contributed by atoms with E-state index in [1.165, 1.54) is 5.56 Å². The number of aromatic nitrogens is 2. The Morgan fingerprint density at radius 2 is 1.92 bits per heavy atom. The molecule has 2 aromatic rings. The fraction of sp³-hybridized carbons (Fsp3) is 0.600. The average molecular weight is 342 g/mol. The van der Waals surface area contributed by atoms with Crippen molar-refractivity contribution in [2.45, 2.75) is 57.5 Å². The summed E-state index contributed by atoms with van der Waals surface area (Å²) in [6.45, 7) is 7.38. The van der Waals surface area contributed by atoms with E-state index in [1.54, 1.807) is 7.11 Å². The van der Waals surface area contributed by atoms with Crippen LogP contribution in [0.25, 0.3) is 0 Å². The molecule has 2 fully saturated rings. The molecule has 4 rings (SSSR count). The van der Waals surface area contributed by atoms with Crippen molar-refractivity contribution >= 4 is 0 Å². The second kappa shape index (κ2) is 6.13. The minimum Gasteiger partial charge on any atom is -0.496 e. The van der Waals surface area contributed by atoms with Gasteiger partial charge in [0.1, 0.15) is 5.75 Å². The Morgan fingerprint density at radius 1 is 1.12 bits per heavy atom. The van der Waals surface area contributed by atoms with Crippen LogP contribution >= 0.6 is 0 Å². The number of para-hydroxylation sites is 1. The van der Waals surface area contributed by atoms with Crippen molar-refractivity contribution in [3.8, 4) is 5.75 Å². The van der Waals surface area contributed by atoms with Crippen LogP contribution in [0.1, 0.15) is 68.6 Å². The number of hydrogen-bond acceptors (Lipinski definition) is 5. The molecular formula is C20H26N2O3. The lowest BCUT2D eigenvalue weighted by Crippen LogP contribution is -2.30. The molecular weight excluding hydrogens is 316 g/mol. The SMILES string of the molecule is COc1ccccc1[C@@H]1C[C@H]1c1nc([C@H]2CCO[C@@H]2C(C)(C)C)no1. The highest BCUT2D eigenvalue weighted by Crippen LogP contribution is 2.56. The number of benzene rings is 1. The fourth-order valence-electron chi connectivity index (χ4n) is 4.04. The van der Waals surface area contributed by atoms with Gasteiger partial charge in [0, 0.05) is 12.5 Å². The predicted octanol–water partition coefficient (Wildman–Crippen LogP) is 4.27. The van der Waals surface area contributed by atoms with Crippen molar-refractivity contribution in [3.63, 3.8) is 0 Å². The Balaban J connectivity index is 1.51. The molecule has 0 amide bonds. The first-order chi connectivity index (χ1) is 12.0. The normalized spacial score (nSPS) is 29.0. The van der Waals surface area contributed by atoms with Gasteiger partial charge in [-0.05, 0) is 35.8 Å². The van der Waals surface area contributed by atoms with Gasteiger partial charge in [-0.15, -0.1) is 0 Å². The third-order valence-corrected chi connectivity index (χ3v) is 5.38. The van der Waals surface area contributed by atoms with Crippen LogP contribution in [0.4, 0.5) is 0 Å². The second-order valence-corrected chi connectivity index (χ2v) is 8.23. The van der Waals surface area contributed by atoms with Gasteiger partial charge in [-0.1, -0.05) is 44.1 Å². The predicted molar refractivity (Wildman–Crippen MR) is 93.9 cm³/mol. The molecule has 25 heavy (non-hydrogen) atoms. The molecule has 134 valence electrons. The minimum absolute atomic E-state index is 0.0709. The topological polar surface area (TPSA) is 57.4 Å². The van der Waals surface area contributed by atoms with E-state index in [2.05, 4.69) is 38.1 Å². The zero-order valence-corrected chi connectivity index (χ0v) is 15.4. The average Bonchev–Trinajstić information content (AvgIpc) is 3.00. The Kier molecular flexibility index (Phi) is 4.07. The quantitative estimate of drug-likeness (QED) is 0.830. The smallest absolute Gasteiger partial charge is 0.230 e. The van der Waals surface area contributed by atoms with Crippen molar-refractivity contribution in [1.29, 1.82) is 0 Å². The van der Waals surface area contributed by atoms with Crippen LogP contribution in [0, 0.1) is 5.41 Å². The Labute approximate surface area is 148 Å². The summed E-state index contributed by atoms with van der Waals surface area (Å²) >= 11 is 0. The highest BCUT2D eigenvalue weighted by molar-refractivity contribution is 5.41. The van der Waals surface area contributed by atoms with Crippen molar-refractivity contribution < 1.29 is 14.0 Å². The summed E-state index contributed by atoms with van der Waals surface area (Å²) in [4.78, 5) is 4.75. The van der Waals surface area contributed by atoms with Crippen LogP contribution in [0.15, 0.2) is 28.8 Å². The summed E-state index contributed by atoms with van der Waals surface area (Å²) in [7, 11) is 1.72. The summed E-state index contributed by atoms with van der Waals surface area (Å²) in [5.41, 5.74) is 1.30. The summed E-state index contributed by atoms with van der Waals surface area (Å²) < 4.78 is 17.1. The van der Waals surface area contributed by atoms with E-state index in [4.69, 9.17) is 19.0 Å². The van der Waals surface area contributed by atoms with Gasteiger partial charge in [-0.2, -0.15) is 4.98 Å². The molecule has 0 N–H and O–H groups in total. The van der Waals surface area contributed by atoms with Gasteiger partial charge in [0.25, 0.3) is 0 Å². The van der Waals surface area contributed by atoms with Crippen LogP contribution < -0.4 is 4.74 Å². The first kappa shape index (κ1) is 16.6. The number of rotatable bonds is 4. The molecule has 2 heterocycles. The first-order valence-corrected chi connectivity index (χ1v) is 9.07. The molecule has 5 nitrogen and oxygen atoms in total. The Bertz CT molecular complexity index is 749. The van der Waals surface area contributed by atoms with E-state index in [1.807, 2.05) is 12.1 Å². The van der Waals surface area contributed by atoms with E-state index >= 15 is 0 Å². The monoisotopic (exact) mass is 342 g/mol. The zero-order chi connectivity index (χ0) is 17.6. The highest BCUT2D eigenvalue weighted by atomic mass is 16.5. The lowest BCUT2D eigenvalue weighted by molar-refractivity contribution is 0.0193. The van der Waals surface area contributed by atoms with Gasteiger partial charge in [0.15, 0.2) is 5.82 Å². The molecule has 1 aromatic carbocycles. The second-order valence-electron chi connectivity index (χ2n) is 8.23. The number of hydrogen-bond donors (Lipinski definition) is 0. The largest absolute Gasteiger partial charge is 0.496 e. The maximum Gasteiger partial charge on any atom is 0.230 e. The van der Waals surface area contributed by atoms with Crippen LogP contribution in [0.2, 0.25) is 0 Å². The molecule has 1 saturated heterocycles. The van der Waals surface area contributed by atoms with Crippen LogP contribution in [-0.4, -0.2) is 30.0 Å². The number of nitrogens with zero attached hydrogens (tertiary/aromatic N) is 2. The van der Waals surface area contributed by atoms with Crippen LogP contribution in [-0.2, 0) is 4.74 Å². The van der Waals surface area contributed by atoms with Crippen molar-refractivity contribution in [1.82, 2.24) is 10.1 Å². The van der Waals surface area contributed by atoms with E-state index in [0.717, 1.165) is 36.9 Å². The zero-order valence-electron chi connectivity index (χ0n) is 15.4. The van der Waals surface area contributed by atoms with Crippen molar-refractivity contribution in [2.75, 3.05) is 13.7 Å². The van der Waals surface area contributed by atoms with Crippen LogP contribution in [0.5, 0.6) is 5.75 Å². The molecule has 1 aliphatic heterocycles. The summed E-state index contributed by atoms with van der Waals surface area (Å²) in [5, 5.41) is 4.30. The number of methoxy groups -OCH3 is 1. The van der Waals surface area contributed by atoms with Gasteiger partial charge in [-0.25, -0.2) is 0 Å². The molecule has 2 aliphatic rings. The molecule has 1 aromatic heterocycles. The van der Waals surface area contributed by atoms with Crippen molar-refractivity contribution in [3.05, 3.63) is 41.5 Å². The molecule has 0 unspecified atom stereocenters. The molecule has 1 saturated carbocycles. The van der Waals surface area contributed by atoms with Crippen molar-refractivity contribution in [2.24, 2.45) is 5.41 Å². The van der Waals surface area contributed by atoms with Gasteiger partial charge in [0.05, 0.1) is 19.1 Å². The molecule has 0 bridgehead atoms. The van der Waals surface area contributed by atoms with Crippen LogP contribution in [0.3, 0.4) is 0 Å². The van der Waals surface area contributed by atoms with E-state index in [0.29, 0.717) is 11.8 Å². The maximum atomic E-state index is 5.95. The Morgan fingerprint density at radius 3 is 2.68 bits per heavy atom. The standard InChI is InChI=1S/C20H26N2O3/c1-20(2,3)17-13(9-10-24-17)18-21-19(25-22-18)15-11-14(15)12-7-5-6-8-16(12)23-4/h5-8,13-15,17H,9-11H2,1-4H3/t13-,14-,15+,17-/m0/s1. The van der Waals surface area contributed by atoms with E-state index in [9.17, 15) is 0 Å².